The number of halogens is 2. The number of hydrogen-bond acceptors (Lipinski definition) is 3. The Kier molecular flexibility index (Phi) is 8.13. The molecule has 25 heavy (non-hydrogen) atoms. The molecule has 1 heterocycles. The molecule has 0 radical (unpaired) electrons. The van der Waals surface area contributed by atoms with Gasteiger partial charge in [0.05, 0.1) is 11.1 Å². The molecule has 2 aromatic rings. The van der Waals surface area contributed by atoms with Crippen molar-refractivity contribution in [2.75, 3.05) is 6.54 Å². The van der Waals surface area contributed by atoms with Crippen molar-refractivity contribution in [3.8, 4) is 0 Å². The highest BCUT2D eigenvalue weighted by atomic mass is 35.5. The van der Waals surface area contributed by atoms with Crippen molar-refractivity contribution in [1.29, 1.82) is 0 Å². The standard InChI is InChI=1S/C19H25N3O.2ClH/c1-12(2)18-10-15(14-7-3-4-8-17(14)21-18)19(23)22-16-9-5-6-13(16)11-20;;/h3-4,7-8,10,12-13,16H,5-6,9,11,20H2,1-2H3,(H,22,23);2*1H. The van der Waals surface area contributed by atoms with E-state index in [1.165, 1.54) is 0 Å². The van der Waals surface area contributed by atoms with Crippen LogP contribution in [0.25, 0.3) is 10.9 Å². The van der Waals surface area contributed by atoms with Gasteiger partial charge >= 0.3 is 0 Å². The zero-order valence-electron chi connectivity index (χ0n) is 14.7. The lowest BCUT2D eigenvalue weighted by Crippen LogP contribution is -2.40. The van der Waals surface area contributed by atoms with Crippen LogP contribution in [-0.4, -0.2) is 23.5 Å². The molecule has 1 aliphatic rings. The molecule has 4 nitrogen and oxygen atoms in total. The number of benzene rings is 1. The molecule has 2 unspecified atom stereocenters. The quantitative estimate of drug-likeness (QED) is 0.835. The van der Waals surface area contributed by atoms with Crippen LogP contribution in [0.1, 0.15) is 55.1 Å². The Bertz CT molecular complexity index is 721. The average Bonchev–Trinajstić information content (AvgIpc) is 3.00. The maximum absolute atomic E-state index is 12.9. The van der Waals surface area contributed by atoms with Crippen LogP contribution in [0.15, 0.2) is 30.3 Å². The van der Waals surface area contributed by atoms with Gasteiger partial charge < -0.3 is 11.1 Å². The number of nitrogens with two attached hydrogens (primary N) is 1. The average molecular weight is 384 g/mol. The predicted molar refractivity (Wildman–Crippen MR) is 108 cm³/mol. The fourth-order valence-electron chi connectivity index (χ4n) is 3.43. The number of amides is 1. The summed E-state index contributed by atoms with van der Waals surface area (Å²) in [6.45, 7) is 4.83. The second-order valence-electron chi connectivity index (χ2n) is 6.77. The Morgan fingerprint density at radius 1 is 1.28 bits per heavy atom. The minimum atomic E-state index is -0.00384. The summed E-state index contributed by atoms with van der Waals surface area (Å²) in [4.78, 5) is 17.6. The summed E-state index contributed by atoms with van der Waals surface area (Å²) >= 11 is 0. The van der Waals surface area contributed by atoms with Crippen LogP contribution in [0.5, 0.6) is 0 Å². The van der Waals surface area contributed by atoms with Crippen LogP contribution in [0.4, 0.5) is 0 Å². The first-order chi connectivity index (χ1) is 11.1. The lowest BCUT2D eigenvalue weighted by Gasteiger charge is -2.20. The second-order valence-corrected chi connectivity index (χ2v) is 6.77. The van der Waals surface area contributed by atoms with Crippen LogP contribution >= 0.6 is 24.8 Å². The molecular weight excluding hydrogens is 357 g/mol. The number of nitrogens with zero attached hydrogens (tertiary/aromatic N) is 1. The van der Waals surface area contributed by atoms with E-state index in [4.69, 9.17) is 5.73 Å². The number of carbonyl (C=O) groups excluding carboxylic acids is 1. The SMILES string of the molecule is CC(C)c1cc(C(=O)NC2CCCC2CN)c2ccccc2n1.Cl.Cl. The van der Waals surface area contributed by atoms with Gasteiger partial charge in [-0.3, -0.25) is 9.78 Å². The van der Waals surface area contributed by atoms with E-state index < -0.39 is 0 Å². The molecule has 1 saturated carbocycles. The van der Waals surface area contributed by atoms with E-state index >= 15 is 0 Å². The highest BCUT2D eigenvalue weighted by molar-refractivity contribution is 6.06. The van der Waals surface area contributed by atoms with Gasteiger partial charge in [-0.05, 0) is 43.4 Å². The molecule has 1 aromatic carbocycles. The largest absolute Gasteiger partial charge is 0.349 e. The molecule has 0 aliphatic heterocycles. The highest BCUT2D eigenvalue weighted by Gasteiger charge is 2.28. The predicted octanol–water partition coefficient (Wildman–Crippen LogP) is 4.06. The van der Waals surface area contributed by atoms with Gasteiger partial charge in [0.15, 0.2) is 0 Å². The summed E-state index contributed by atoms with van der Waals surface area (Å²) in [5, 5.41) is 4.12. The van der Waals surface area contributed by atoms with E-state index in [0.717, 1.165) is 41.4 Å². The number of nitrogens with one attached hydrogen (secondary N) is 1. The third-order valence-electron chi connectivity index (χ3n) is 4.85. The molecule has 0 bridgehead atoms. The zero-order valence-corrected chi connectivity index (χ0v) is 16.3. The number of aromatic nitrogens is 1. The third-order valence-corrected chi connectivity index (χ3v) is 4.85. The van der Waals surface area contributed by atoms with Crippen molar-refractivity contribution in [2.24, 2.45) is 11.7 Å². The van der Waals surface area contributed by atoms with Gasteiger partial charge in [0.1, 0.15) is 0 Å². The summed E-state index contributed by atoms with van der Waals surface area (Å²) in [6.07, 6.45) is 3.27. The van der Waals surface area contributed by atoms with E-state index in [1.54, 1.807) is 0 Å². The number of para-hydroxylation sites is 1. The molecule has 0 saturated heterocycles. The molecule has 1 aromatic heterocycles. The topological polar surface area (TPSA) is 68.0 Å². The van der Waals surface area contributed by atoms with Gasteiger partial charge in [0.25, 0.3) is 5.91 Å². The monoisotopic (exact) mass is 383 g/mol. The lowest BCUT2D eigenvalue weighted by atomic mass is 10.0. The van der Waals surface area contributed by atoms with Crippen molar-refractivity contribution < 1.29 is 4.79 Å². The summed E-state index contributed by atoms with van der Waals surface area (Å²) in [5.74, 6) is 0.682. The molecule has 6 heteroatoms. The first-order valence-corrected chi connectivity index (χ1v) is 8.50. The Balaban J connectivity index is 0.00000156. The van der Waals surface area contributed by atoms with Crippen LogP contribution in [0.3, 0.4) is 0 Å². The van der Waals surface area contributed by atoms with Gasteiger partial charge in [0, 0.05) is 17.1 Å². The summed E-state index contributed by atoms with van der Waals surface area (Å²) in [5.41, 5.74) is 8.39. The van der Waals surface area contributed by atoms with E-state index in [1.807, 2.05) is 30.3 Å². The van der Waals surface area contributed by atoms with Crippen molar-refractivity contribution in [1.82, 2.24) is 10.3 Å². The Labute approximate surface area is 161 Å². The molecule has 1 amide bonds. The first kappa shape index (κ1) is 21.7. The van der Waals surface area contributed by atoms with E-state index in [-0.39, 0.29) is 42.7 Å². The van der Waals surface area contributed by atoms with Gasteiger partial charge in [0.2, 0.25) is 0 Å². The number of rotatable bonds is 4. The van der Waals surface area contributed by atoms with Crippen LogP contribution < -0.4 is 11.1 Å². The molecule has 1 aliphatic carbocycles. The second kappa shape index (κ2) is 9.37. The van der Waals surface area contributed by atoms with Crippen molar-refractivity contribution in [3.63, 3.8) is 0 Å². The maximum Gasteiger partial charge on any atom is 0.252 e. The number of carbonyl (C=O) groups is 1. The fourth-order valence-corrected chi connectivity index (χ4v) is 3.43. The smallest absolute Gasteiger partial charge is 0.252 e. The van der Waals surface area contributed by atoms with E-state index in [2.05, 4.69) is 24.1 Å². The number of pyridine rings is 1. The third kappa shape index (κ3) is 4.63. The van der Waals surface area contributed by atoms with Gasteiger partial charge in [-0.25, -0.2) is 0 Å². The molecule has 0 spiro atoms. The normalized spacial score (nSPS) is 19.4. The summed E-state index contributed by atoms with van der Waals surface area (Å²) < 4.78 is 0. The molecular formula is C19H27Cl2N3O. The van der Waals surface area contributed by atoms with Crippen LogP contribution in [0.2, 0.25) is 0 Å². The van der Waals surface area contributed by atoms with Crippen molar-refractivity contribution >= 4 is 41.6 Å². The minimum Gasteiger partial charge on any atom is -0.349 e. The summed E-state index contributed by atoms with van der Waals surface area (Å²) in [7, 11) is 0. The maximum atomic E-state index is 12.9. The summed E-state index contributed by atoms with van der Waals surface area (Å²) in [6, 6.07) is 9.99. The zero-order chi connectivity index (χ0) is 16.4. The van der Waals surface area contributed by atoms with Gasteiger partial charge in [-0.1, -0.05) is 38.5 Å². The van der Waals surface area contributed by atoms with Gasteiger partial charge in [-0.2, -0.15) is 0 Å². The molecule has 138 valence electrons. The number of hydrogen-bond donors (Lipinski definition) is 2. The molecule has 3 rings (SSSR count). The van der Waals surface area contributed by atoms with Gasteiger partial charge in [-0.15, -0.1) is 24.8 Å². The fraction of sp³-hybridized carbons (Fsp3) is 0.474. The lowest BCUT2D eigenvalue weighted by molar-refractivity contribution is 0.0930. The van der Waals surface area contributed by atoms with Crippen LogP contribution in [0, 0.1) is 5.92 Å². The van der Waals surface area contributed by atoms with Crippen LogP contribution in [-0.2, 0) is 0 Å². The minimum absolute atomic E-state index is 0. The van der Waals surface area contributed by atoms with Crippen molar-refractivity contribution in [3.05, 3.63) is 41.6 Å². The van der Waals surface area contributed by atoms with E-state index in [9.17, 15) is 4.79 Å². The Hall–Kier alpha value is -1.36. The molecule has 1 fully saturated rings. The highest BCUT2D eigenvalue weighted by Crippen LogP contribution is 2.26. The first-order valence-electron chi connectivity index (χ1n) is 8.50. The number of fused-ring (bicyclic) bond motifs is 1. The van der Waals surface area contributed by atoms with E-state index in [0.29, 0.717) is 12.5 Å². The van der Waals surface area contributed by atoms with Crippen molar-refractivity contribution in [2.45, 2.75) is 45.1 Å². The Morgan fingerprint density at radius 3 is 2.68 bits per heavy atom. The molecule has 2 atom stereocenters. The Morgan fingerprint density at radius 2 is 2.00 bits per heavy atom. The molecule has 3 N–H and O–H groups in total.